The Balaban J connectivity index is 2.38. The number of hydrogen-bond acceptors (Lipinski definition) is 2. The van der Waals surface area contributed by atoms with Crippen LogP contribution >= 0.6 is 15.9 Å². The molecule has 1 N–H and O–H groups in total. The smallest absolute Gasteiger partial charge is 0.130 e. The summed E-state index contributed by atoms with van der Waals surface area (Å²) >= 11 is 3.53. The van der Waals surface area contributed by atoms with Crippen molar-refractivity contribution in [2.75, 3.05) is 26.2 Å². The van der Waals surface area contributed by atoms with Gasteiger partial charge in [0, 0.05) is 42.3 Å². The summed E-state index contributed by atoms with van der Waals surface area (Å²) in [6, 6.07) is 4.00. The summed E-state index contributed by atoms with van der Waals surface area (Å²) in [6.45, 7) is 10.3. The van der Waals surface area contributed by atoms with Crippen molar-refractivity contribution in [1.29, 1.82) is 0 Å². The summed E-state index contributed by atoms with van der Waals surface area (Å²) in [5.41, 5.74) is 1.58. The SMILES string of the molecule is CCCC(C)[C@@H](c1cc(Br)cc(C)c1F)N1CCNCC1. The largest absolute Gasteiger partial charge is 0.314 e. The fourth-order valence-electron chi connectivity index (χ4n) is 3.40. The summed E-state index contributed by atoms with van der Waals surface area (Å²) in [5, 5.41) is 3.38. The van der Waals surface area contributed by atoms with Crippen molar-refractivity contribution in [2.24, 2.45) is 5.92 Å². The lowest BCUT2D eigenvalue weighted by atomic mass is 9.88. The Morgan fingerprint density at radius 2 is 2.00 bits per heavy atom. The summed E-state index contributed by atoms with van der Waals surface area (Å²) in [4.78, 5) is 2.45. The van der Waals surface area contributed by atoms with Crippen molar-refractivity contribution in [3.63, 3.8) is 0 Å². The molecule has 0 amide bonds. The third-order valence-corrected chi connectivity index (χ3v) is 4.85. The van der Waals surface area contributed by atoms with Crippen LogP contribution in [0.1, 0.15) is 43.9 Å². The van der Waals surface area contributed by atoms with E-state index in [1.807, 2.05) is 19.1 Å². The second-order valence-corrected chi connectivity index (χ2v) is 7.04. The number of hydrogen-bond donors (Lipinski definition) is 1. The minimum atomic E-state index is -0.0373. The standard InChI is InChI=1S/C17H26BrFN2/c1-4-5-12(2)17(21-8-6-20-7-9-21)15-11-14(18)10-13(3)16(15)19/h10-12,17,20H,4-9H2,1-3H3/t12?,17-/m0/s1. The maximum Gasteiger partial charge on any atom is 0.130 e. The first kappa shape index (κ1) is 16.9. The number of benzene rings is 1. The normalized spacial score (nSPS) is 19.5. The Labute approximate surface area is 136 Å². The Kier molecular flexibility index (Phi) is 6.20. The molecule has 2 atom stereocenters. The second-order valence-electron chi connectivity index (χ2n) is 6.12. The fraction of sp³-hybridized carbons (Fsp3) is 0.647. The van der Waals surface area contributed by atoms with Gasteiger partial charge in [-0.1, -0.05) is 36.2 Å². The lowest BCUT2D eigenvalue weighted by molar-refractivity contribution is 0.123. The summed E-state index contributed by atoms with van der Waals surface area (Å²) < 4.78 is 15.7. The lowest BCUT2D eigenvalue weighted by Gasteiger charge is -2.39. The predicted molar refractivity (Wildman–Crippen MR) is 90.1 cm³/mol. The van der Waals surface area contributed by atoms with E-state index in [2.05, 4.69) is 40.0 Å². The first-order valence-electron chi connectivity index (χ1n) is 7.95. The maximum absolute atomic E-state index is 14.7. The van der Waals surface area contributed by atoms with E-state index in [4.69, 9.17) is 0 Å². The van der Waals surface area contributed by atoms with Crippen LogP contribution < -0.4 is 5.32 Å². The first-order valence-corrected chi connectivity index (χ1v) is 8.74. The molecule has 0 spiro atoms. The predicted octanol–water partition coefficient (Wildman–Crippen LogP) is 4.28. The molecular formula is C17H26BrFN2. The molecule has 1 aliphatic heterocycles. The molecule has 0 saturated carbocycles. The van der Waals surface area contributed by atoms with Crippen LogP contribution in [0.4, 0.5) is 4.39 Å². The van der Waals surface area contributed by atoms with E-state index >= 15 is 0 Å². The fourth-order valence-corrected chi connectivity index (χ4v) is 3.99. The number of nitrogens with one attached hydrogen (secondary N) is 1. The van der Waals surface area contributed by atoms with Gasteiger partial charge < -0.3 is 5.32 Å². The number of nitrogens with zero attached hydrogens (tertiary/aromatic N) is 1. The van der Waals surface area contributed by atoms with Crippen molar-refractivity contribution >= 4 is 15.9 Å². The van der Waals surface area contributed by atoms with E-state index in [9.17, 15) is 4.39 Å². The van der Waals surface area contributed by atoms with E-state index < -0.39 is 0 Å². The molecule has 1 unspecified atom stereocenters. The van der Waals surface area contributed by atoms with Gasteiger partial charge in [0.2, 0.25) is 0 Å². The summed E-state index contributed by atoms with van der Waals surface area (Å²) in [5.74, 6) is 0.418. The Morgan fingerprint density at radius 3 is 2.62 bits per heavy atom. The van der Waals surface area contributed by atoms with Crippen LogP contribution in [-0.2, 0) is 0 Å². The molecular weight excluding hydrogens is 331 g/mol. The van der Waals surface area contributed by atoms with E-state index in [1.54, 1.807) is 0 Å². The van der Waals surface area contributed by atoms with Crippen LogP contribution in [-0.4, -0.2) is 31.1 Å². The minimum absolute atomic E-state index is 0.0373. The monoisotopic (exact) mass is 356 g/mol. The quantitative estimate of drug-likeness (QED) is 0.846. The number of rotatable bonds is 5. The average molecular weight is 357 g/mol. The van der Waals surface area contributed by atoms with Gasteiger partial charge in [-0.05, 0) is 37.0 Å². The topological polar surface area (TPSA) is 15.3 Å². The Hall–Kier alpha value is -0.450. The average Bonchev–Trinajstić information content (AvgIpc) is 2.46. The van der Waals surface area contributed by atoms with Gasteiger partial charge in [0.05, 0.1) is 0 Å². The van der Waals surface area contributed by atoms with Crippen LogP contribution in [0.2, 0.25) is 0 Å². The molecule has 0 radical (unpaired) electrons. The van der Waals surface area contributed by atoms with E-state index in [0.717, 1.165) is 54.6 Å². The van der Waals surface area contributed by atoms with Crippen molar-refractivity contribution in [1.82, 2.24) is 10.2 Å². The van der Waals surface area contributed by atoms with E-state index in [-0.39, 0.29) is 11.9 Å². The molecule has 2 nitrogen and oxygen atoms in total. The molecule has 1 heterocycles. The van der Waals surface area contributed by atoms with Crippen molar-refractivity contribution in [3.8, 4) is 0 Å². The molecule has 1 fully saturated rings. The molecule has 21 heavy (non-hydrogen) atoms. The number of piperazine rings is 1. The molecule has 0 aromatic heterocycles. The molecule has 0 aliphatic carbocycles. The third-order valence-electron chi connectivity index (χ3n) is 4.39. The Morgan fingerprint density at radius 1 is 1.33 bits per heavy atom. The van der Waals surface area contributed by atoms with Gasteiger partial charge in [0.1, 0.15) is 5.82 Å². The van der Waals surface area contributed by atoms with Gasteiger partial charge in [-0.2, -0.15) is 0 Å². The second kappa shape index (κ2) is 7.70. The zero-order valence-corrected chi connectivity index (χ0v) is 14.8. The highest BCUT2D eigenvalue weighted by atomic mass is 79.9. The molecule has 1 aliphatic rings. The molecule has 0 bridgehead atoms. The molecule has 118 valence electrons. The number of aryl methyl sites for hydroxylation is 1. The highest BCUT2D eigenvalue weighted by Gasteiger charge is 2.29. The van der Waals surface area contributed by atoms with Crippen LogP contribution in [0, 0.1) is 18.7 Å². The van der Waals surface area contributed by atoms with Crippen LogP contribution in [0.3, 0.4) is 0 Å². The van der Waals surface area contributed by atoms with Crippen LogP contribution in [0.25, 0.3) is 0 Å². The summed E-state index contributed by atoms with van der Waals surface area (Å²) in [7, 11) is 0. The van der Waals surface area contributed by atoms with Crippen molar-refractivity contribution in [2.45, 2.75) is 39.7 Å². The zero-order valence-electron chi connectivity index (χ0n) is 13.3. The molecule has 2 rings (SSSR count). The van der Waals surface area contributed by atoms with Gasteiger partial charge in [-0.25, -0.2) is 4.39 Å². The highest BCUT2D eigenvalue weighted by molar-refractivity contribution is 9.10. The number of halogens is 2. The minimum Gasteiger partial charge on any atom is -0.314 e. The first-order chi connectivity index (χ1) is 10.0. The van der Waals surface area contributed by atoms with Gasteiger partial charge in [-0.15, -0.1) is 0 Å². The van der Waals surface area contributed by atoms with E-state index in [0.29, 0.717) is 5.92 Å². The highest BCUT2D eigenvalue weighted by Crippen LogP contribution is 2.35. The van der Waals surface area contributed by atoms with Gasteiger partial charge in [-0.3, -0.25) is 4.90 Å². The van der Waals surface area contributed by atoms with E-state index in [1.165, 1.54) is 0 Å². The molecule has 1 aromatic rings. The van der Waals surface area contributed by atoms with Gasteiger partial charge in [0.25, 0.3) is 0 Å². The summed E-state index contributed by atoms with van der Waals surface area (Å²) in [6.07, 6.45) is 2.26. The van der Waals surface area contributed by atoms with Crippen LogP contribution in [0.15, 0.2) is 16.6 Å². The van der Waals surface area contributed by atoms with Crippen molar-refractivity contribution in [3.05, 3.63) is 33.5 Å². The van der Waals surface area contributed by atoms with Crippen molar-refractivity contribution < 1.29 is 4.39 Å². The Bertz CT molecular complexity index is 472. The lowest BCUT2D eigenvalue weighted by Crippen LogP contribution is -2.46. The third kappa shape index (κ3) is 4.05. The molecule has 4 heteroatoms. The van der Waals surface area contributed by atoms with Crippen LogP contribution in [0.5, 0.6) is 0 Å². The zero-order chi connectivity index (χ0) is 15.4. The maximum atomic E-state index is 14.7. The van der Waals surface area contributed by atoms with Gasteiger partial charge in [0.15, 0.2) is 0 Å². The molecule has 1 saturated heterocycles. The van der Waals surface area contributed by atoms with Gasteiger partial charge >= 0.3 is 0 Å². The molecule has 1 aromatic carbocycles.